The Morgan fingerprint density at radius 2 is 1.87 bits per heavy atom. The molecule has 0 bridgehead atoms. The van der Waals surface area contributed by atoms with Gasteiger partial charge in [-0.3, -0.25) is 4.79 Å². The van der Waals surface area contributed by atoms with E-state index in [1.807, 2.05) is 30.3 Å². The molecule has 1 aromatic heterocycles. The van der Waals surface area contributed by atoms with Crippen LogP contribution in [0.3, 0.4) is 0 Å². The van der Waals surface area contributed by atoms with Gasteiger partial charge < -0.3 is 10.4 Å². The normalized spacial score (nSPS) is 11.9. The zero-order chi connectivity index (χ0) is 16.1. The number of benzene rings is 2. The highest BCUT2D eigenvalue weighted by Gasteiger charge is 2.14. The number of nitrogens with one attached hydrogen (secondary N) is 1. The number of hydrogen-bond donors (Lipinski definition) is 2. The summed E-state index contributed by atoms with van der Waals surface area (Å²) in [5, 5.41) is 20.0. The Morgan fingerprint density at radius 1 is 1.13 bits per heavy atom. The number of carbonyl (C=O) groups is 1. The average Bonchev–Trinajstić information content (AvgIpc) is 3.15. The molecule has 2 aromatic carbocycles. The van der Waals surface area contributed by atoms with Crippen LogP contribution in [0.2, 0.25) is 0 Å². The second-order valence-electron chi connectivity index (χ2n) is 5.01. The fourth-order valence-corrected chi connectivity index (χ4v) is 2.27. The zero-order valence-electron chi connectivity index (χ0n) is 12.3. The quantitative estimate of drug-likeness (QED) is 0.752. The largest absolute Gasteiger partial charge is 0.394 e. The predicted molar refractivity (Wildman–Crippen MR) is 85.1 cm³/mol. The third kappa shape index (κ3) is 3.44. The maximum absolute atomic E-state index is 12.3. The molecule has 6 heteroatoms. The minimum Gasteiger partial charge on any atom is -0.394 e. The number of aliphatic hydroxyl groups is 1. The molecule has 0 saturated heterocycles. The van der Waals surface area contributed by atoms with E-state index >= 15 is 0 Å². The smallest absolute Gasteiger partial charge is 0.251 e. The van der Waals surface area contributed by atoms with E-state index < -0.39 is 6.04 Å². The summed E-state index contributed by atoms with van der Waals surface area (Å²) in [7, 11) is 0. The van der Waals surface area contributed by atoms with Crippen molar-refractivity contribution in [2.45, 2.75) is 6.04 Å². The molecule has 0 fully saturated rings. The number of aliphatic hydroxyl groups excluding tert-OH is 1. The summed E-state index contributed by atoms with van der Waals surface area (Å²) < 4.78 is 1.61. The van der Waals surface area contributed by atoms with E-state index in [1.54, 1.807) is 41.3 Å². The molecule has 23 heavy (non-hydrogen) atoms. The van der Waals surface area contributed by atoms with Crippen LogP contribution in [0.4, 0.5) is 0 Å². The molecular formula is C17H16N4O2. The van der Waals surface area contributed by atoms with Gasteiger partial charge in [-0.25, -0.2) is 4.68 Å². The van der Waals surface area contributed by atoms with Gasteiger partial charge in [0, 0.05) is 5.56 Å². The summed E-state index contributed by atoms with van der Waals surface area (Å²) >= 11 is 0. The number of aromatic nitrogens is 3. The Kier molecular flexibility index (Phi) is 4.44. The van der Waals surface area contributed by atoms with Crippen LogP contribution < -0.4 is 5.32 Å². The Labute approximate surface area is 133 Å². The van der Waals surface area contributed by atoms with Gasteiger partial charge in [-0.1, -0.05) is 35.5 Å². The third-order valence-corrected chi connectivity index (χ3v) is 3.51. The topological polar surface area (TPSA) is 80.0 Å². The fourth-order valence-electron chi connectivity index (χ4n) is 2.27. The number of nitrogens with zero attached hydrogens (tertiary/aromatic N) is 3. The van der Waals surface area contributed by atoms with Gasteiger partial charge in [-0.15, -0.1) is 5.10 Å². The summed E-state index contributed by atoms with van der Waals surface area (Å²) in [5.41, 5.74) is 2.20. The standard InChI is InChI=1S/C17H16N4O2/c22-12-16(13-4-2-1-3-5-13)19-17(23)14-6-8-15(9-7-14)21-11-10-18-20-21/h1-11,16,22H,12H2,(H,19,23). The Balaban J connectivity index is 1.72. The number of carbonyl (C=O) groups excluding carboxylic acids is 1. The molecule has 116 valence electrons. The van der Waals surface area contributed by atoms with Crippen molar-refractivity contribution >= 4 is 5.91 Å². The number of amides is 1. The molecule has 1 atom stereocenters. The number of rotatable bonds is 5. The zero-order valence-corrected chi connectivity index (χ0v) is 12.3. The van der Waals surface area contributed by atoms with E-state index in [0.717, 1.165) is 11.3 Å². The molecule has 3 rings (SSSR count). The maximum atomic E-state index is 12.3. The van der Waals surface area contributed by atoms with Crippen LogP contribution in [0.5, 0.6) is 0 Å². The molecule has 0 aliphatic heterocycles. The molecule has 0 saturated carbocycles. The molecule has 0 aliphatic rings. The van der Waals surface area contributed by atoms with Crippen LogP contribution in [0.1, 0.15) is 22.0 Å². The van der Waals surface area contributed by atoms with Crippen molar-refractivity contribution in [1.82, 2.24) is 20.3 Å². The SMILES string of the molecule is O=C(NC(CO)c1ccccc1)c1ccc(-n2ccnn2)cc1. The summed E-state index contributed by atoms with van der Waals surface area (Å²) in [4.78, 5) is 12.3. The van der Waals surface area contributed by atoms with Gasteiger partial charge in [0.15, 0.2) is 0 Å². The monoisotopic (exact) mass is 308 g/mol. The van der Waals surface area contributed by atoms with E-state index in [9.17, 15) is 9.90 Å². The minimum atomic E-state index is -0.432. The Morgan fingerprint density at radius 3 is 2.48 bits per heavy atom. The molecule has 3 aromatic rings. The van der Waals surface area contributed by atoms with Gasteiger partial charge in [-0.05, 0) is 29.8 Å². The first-order valence-corrected chi connectivity index (χ1v) is 7.21. The summed E-state index contributed by atoms with van der Waals surface area (Å²) in [6.07, 6.45) is 3.32. The van der Waals surface area contributed by atoms with E-state index in [4.69, 9.17) is 0 Å². The van der Waals surface area contributed by atoms with E-state index in [1.165, 1.54) is 0 Å². The molecular weight excluding hydrogens is 292 g/mol. The second-order valence-corrected chi connectivity index (χ2v) is 5.01. The van der Waals surface area contributed by atoms with Crippen LogP contribution in [0, 0.1) is 0 Å². The lowest BCUT2D eigenvalue weighted by molar-refractivity contribution is 0.0916. The van der Waals surface area contributed by atoms with Crippen molar-refractivity contribution in [2.75, 3.05) is 6.61 Å². The average molecular weight is 308 g/mol. The Hall–Kier alpha value is -2.99. The van der Waals surface area contributed by atoms with Crippen molar-refractivity contribution < 1.29 is 9.90 Å². The van der Waals surface area contributed by atoms with Crippen molar-refractivity contribution in [3.8, 4) is 5.69 Å². The van der Waals surface area contributed by atoms with Gasteiger partial charge in [-0.2, -0.15) is 0 Å². The van der Waals surface area contributed by atoms with Crippen molar-refractivity contribution in [2.24, 2.45) is 0 Å². The maximum Gasteiger partial charge on any atom is 0.251 e. The lowest BCUT2D eigenvalue weighted by Crippen LogP contribution is -2.30. The first-order chi connectivity index (χ1) is 11.3. The minimum absolute atomic E-state index is 0.160. The van der Waals surface area contributed by atoms with Gasteiger partial charge in [0.1, 0.15) is 0 Å². The molecule has 2 N–H and O–H groups in total. The van der Waals surface area contributed by atoms with Crippen LogP contribution in [0.25, 0.3) is 5.69 Å². The molecule has 0 spiro atoms. The van der Waals surface area contributed by atoms with Crippen molar-refractivity contribution in [3.05, 3.63) is 78.1 Å². The molecule has 0 aliphatic carbocycles. The van der Waals surface area contributed by atoms with Crippen molar-refractivity contribution in [1.29, 1.82) is 0 Å². The molecule has 0 radical (unpaired) electrons. The summed E-state index contributed by atoms with van der Waals surface area (Å²) in [6, 6.07) is 16.0. The second kappa shape index (κ2) is 6.85. The summed E-state index contributed by atoms with van der Waals surface area (Å²) in [5.74, 6) is -0.238. The van der Waals surface area contributed by atoms with Crippen LogP contribution >= 0.6 is 0 Å². The van der Waals surface area contributed by atoms with E-state index in [-0.39, 0.29) is 12.5 Å². The lowest BCUT2D eigenvalue weighted by Gasteiger charge is -2.16. The third-order valence-electron chi connectivity index (χ3n) is 3.51. The predicted octanol–water partition coefficient (Wildman–Crippen LogP) is 1.73. The van der Waals surface area contributed by atoms with Crippen LogP contribution in [-0.4, -0.2) is 32.6 Å². The van der Waals surface area contributed by atoms with Crippen LogP contribution in [0.15, 0.2) is 67.0 Å². The highest BCUT2D eigenvalue weighted by molar-refractivity contribution is 5.94. The highest BCUT2D eigenvalue weighted by atomic mass is 16.3. The molecule has 6 nitrogen and oxygen atoms in total. The number of hydrogen-bond acceptors (Lipinski definition) is 4. The van der Waals surface area contributed by atoms with Gasteiger partial charge in [0.05, 0.1) is 30.7 Å². The Bertz CT molecular complexity index is 755. The molecule has 1 amide bonds. The first-order valence-electron chi connectivity index (χ1n) is 7.21. The highest BCUT2D eigenvalue weighted by Crippen LogP contribution is 2.14. The fraction of sp³-hybridized carbons (Fsp3) is 0.118. The van der Waals surface area contributed by atoms with Gasteiger partial charge >= 0.3 is 0 Å². The van der Waals surface area contributed by atoms with Crippen molar-refractivity contribution in [3.63, 3.8) is 0 Å². The van der Waals surface area contributed by atoms with Gasteiger partial charge in [0.2, 0.25) is 0 Å². The van der Waals surface area contributed by atoms with E-state index in [2.05, 4.69) is 15.6 Å². The molecule has 1 unspecified atom stereocenters. The van der Waals surface area contributed by atoms with Gasteiger partial charge in [0.25, 0.3) is 5.91 Å². The molecule has 1 heterocycles. The summed E-state index contributed by atoms with van der Waals surface area (Å²) in [6.45, 7) is -0.160. The van der Waals surface area contributed by atoms with E-state index in [0.29, 0.717) is 5.56 Å². The lowest BCUT2D eigenvalue weighted by atomic mass is 10.1. The first kappa shape index (κ1) is 14.9. The van der Waals surface area contributed by atoms with Crippen LogP contribution in [-0.2, 0) is 0 Å².